The molecule has 1 aromatic heterocycles. The van der Waals surface area contributed by atoms with Gasteiger partial charge in [0, 0.05) is 17.9 Å². The normalized spacial score (nSPS) is 43.4. The van der Waals surface area contributed by atoms with Crippen molar-refractivity contribution >= 4 is 17.9 Å². The van der Waals surface area contributed by atoms with E-state index in [4.69, 9.17) is 18.6 Å². The standard InChI is InChI=1S/C22H26O7/c1-12(23)28-14-7-16-19(24)27-11-22(16)5-3-15-20(25)29-17(13-4-6-26-10-13)9-21(15,2)18(22)8-14/h4,6,10,14-18H,3,5,7-9,11H2,1-2H3/t14-,15+,16+,17-,18-,21+,22-/m1/s1. The fraction of sp³-hybridized carbons (Fsp3) is 0.682. The van der Waals surface area contributed by atoms with Gasteiger partial charge >= 0.3 is 17.9 Å². The van der Waals surface area contributed by atoms with E-state index in [-0.39, 0.29) is 58.7 Å². The van der Waals surface area contributed by atoms with E-state index in [2.05, 4.69) is 6.92 Å². The molecule has 0 amide bonds. The highest BCUT2D eigenvalue weighted by Gasteiger charge is 2.68. The van der Waals surface area contributed by atoms with Crippen molar-refractivity contribution in [2.75, 3.05) is 6.61 Å². The van der Waals surface area contributed by atoms with Gasteiger partial charge in [-0.2, -0.15) is 0 Å². The van der Waals surface area contributed by atoms with Crippen molar-refractivity contribution < 1.29 is 33.0 Å². The lowest BCUT2D eigenvalue weighted by Crippen LogP contribution is -2.60. The number of carbonyl (C=O) groups excluding carboxylic acids is 3. The van der Waals surface area contributed by atoms with Crippen LogP contribution >= 0.6 is 0 Å². The fourth-order valence-corrected chi connectivity index (χ4v) is 6.81. The lowest BCUT2D eigenvalue weighted by atomic mass is 9.43. The Morgan fingerprint density at radius 3 is 2.76 bits per heavy atom. The molecule has 0 unspecified atom stereocenters. The van der Waals surface area contributed by atoms with Crippen molar-refractivity contribution in [3.63, 3.8) is 0 Å². The summed E-state index contributed by atoms with van der Waals surface area (Å²) >= 11 is 0. The maximum Gasteiger partial charge on any atom is 0.310 e. The average Bonchev–Trinajstić information content (AvgIpc) is 3.29. The van der Waals surface area contributed by atoms with Crippen LogP contribution in [0.25, 0.3) is 0 Å². The molecule has 7 heteroatoms. The molecule has 156 valence electrons. The zero-order valence-electron chi connectivity index (χ0n) is 16.7. The van der Waals surface area contributed by atoms with Gasteiger partial charge < -0.3 is 18.6 Å². The van der Waals surface area contributed by atoms with E-state index in [1.807, 2.05) is 6.07 Å². The van der Waals surface area contributed by atoms with Crippen LogP contribution in [0.3, 0.4) is 0 Å². The molecule has 7 nitrogen and oxygen atoms in total. The van der Waals surface area contributed by atoms with Crippen LogP contribution in [0.4, 0.5) is 0 Å². The lowest BCUT2D eigenvalue weighted by Gasteiger charge is -2.60. The van der Waals surface area contributed by atoms with Crippen LogP contribution in [0.15, 0.2) is 23.0 Å². The van der Waals surface area contributed by atoms with Gasteiger partial charge in [0.2, 0.25) is 0 Å². The largest absolute Gasteiger partial charge is 0.472 e. The van der Waals surface area contributed by atoms with E-state index >= 15 is 0 Å². The second kappa shape index (κ2) is 6.34. The molecular weight excluding hydrogens is 376 g/mol. The van der Waals surface area contributed by atoms with Gasteiger partial charge in [-0.05, 0) is 49.5 Å². The van der Waals surface area contributed by atoms with Crippen LogP contribution in [0.5, 0.6) is 0 Å². The Balaban J connectivity index is 1.54. The van der Waals surface area contributed by atoms with Gasteiger partial charge in [-0.1, -0.05) is 6.92 Å². The van der Waals surface area contributed by atoms with Gasteiger partial charge in [-0.15, -0.1) is 0 Å². The zero-order chi connectivity index (χ0) is 20.4. The smallest absolute Gasteiger partial charge is 0.310 e. The molecule has 2 aliphatic heterocycles. The highest BCUT2D eigenvalue weighted by molar-refractivity contribution is 5.78. The van der Waals surface area contributed by atoms with Crippen LogP contribution in [-0.2, 0) is 28.6 Å². The topological polar surface area (TPSA) is 92.0 Å². The third-order valence-corrected chi connectivity index (χ3v) is 8.06. The molecule has 2 saturated carbocycles. The summed E-state index contributed by atoms with van der Waals surface area (Å²) in [7, 11) is 0. The molecule has 29 heavy (non-hydrogen) atoms. The van der Waals surface area contributed by atoms with Crippen LogP contribution in [0.2, 0.25) is 0 Å². The Morgan fingerprint density at radius 1 is 1.21 bits per heavy atom. The van der Waals surface area contributed by atoms with Crippen molar-refractivity contribution in [3.05, 3.63) is 24.2 Å². The third-order valence-electron chi connectivity index (χ3n) is 8.06. The highest BCUT2D eigenvalue weighted by atomic mass is 16.6. The Kier molecular flexibility index (Phi) is 4.09. The first kappa shape index (κ1) is 18.7. The van der Waals surface area contributed by atoms with Crippen molar-refractivity contribution in [1.29, 1.82) is 0 Å². The number of cyclic esters (lactones) is 2. The number of rotatable bonds is 2. The summed E-state index contributed by atoms with van der Waals surface area (Å²) in [6, 6.07) is 1.83. The summed E-state index contributed by atoms with van der Waals surface area (Å²) < 4.78 is 22.1. The Hall–Kier alpha value is -2.31. The van der Waals surface area contributed by atoms with E-state index in [1.54, 1.807) is 12.5 Å². The number of esters is 3. The first-order valence-electron chi connectivity index (χ1n) is 10.4. The minimum Gasteiger partial charge on any atom is -0.472 e. The van der Waals surface area contributed by atoms with Crippen LogP contribution in [-0.4, -0.2) is 30.6 Å². The average molecular weight is 402 g/mol. The first-order chi connectivity index (χ1) is 13.8. The molecule has 0 radical (unpaired) electrons. The van der Waals surface area contributed by atoms with E-state index in [9.17, 15) is 14.4 Å². The molecule has 3 heterocycles. The van der Waals surface area contributed by atoms with E-state index < -0.39 is 0 Å². The van der Waals surface area contributed by atoms with Crippen molar-refractivity contribution in [3.8, 4) is 0 Å². The molecule has 4 aliphatic rings. The second-order valence-corrected chi connectivity index (χ2v) is 9.43. The van der Waals surface area contributed by atoms with E-state index in [1.165, 1.54) is 6.92 Å². The lowest BCUT2D eigenvalue weighted by molar-refractivity contribution is -0.208. The quantitative estimate of drug-likeness (QED) is 0.554. The van der Waals surface area contributed by atoms with Crippen LogP contribution in [0.1, 0.15) is 57.6 Å². The van der Waals surface area contributed by atoms with Crippen LogP contribution in [0, 0.1) is 28.6 Å². The Bertz CT molecular complexity index is 845. The summed E-state index contributed by atoms with van der Waals surface area (Å²) in [5.74, 6) is -1.20. The van der Waals surface area contributed by atoms with Gasteiger partial charge in [0.15, 0.2) is 0 Å². The minimum atomic E-state index is -0.374. The van der Waals surface area contributed by atoms with Crippen molar-refractivity contribution in [2.24, 2.45) is 28.6 Å². The zero-order valence-corrected chi connectivity index (χ0v) is 16.7. The summed E-state index contributed by atoms with van der Waals surface area (Å²) in [5, 5.41) is 0. The second-order valence-electron chi connectivity index (χ2n) is 9.43. The minimum absolute atomic E-state index is 0.0329. The van der Waals surface area contributed by atoms with Crippen molar-refractivity contribution in [2.45, 2.75) is 58.2 Å². The molecular formula is C22H26O7. The summed E-state index contributed by atoms with van der Waals surface area (Å²) in [6.45, 7) is 3.93. The van der Waals surface area contributed by atoms with Gasteiger partial charge in [-0.25, -0.2) is 0 Å². The van der Waals surface area contributed by atoms with E-state index in [0.717, 1.165) is 12.0 Å². The third kappa shape index (κ3) is 2.66. The number of furan rings is 1. The summed E-state index contributed by atoms with van der Waals surface area (Å²) in [5.41, 5.74) is 0.179. The Morgan fingerprint density at radius 2 is 2.03 bits per heavy atom. The maximum atomic E-state index is 13.0. The molecule has 1 spiro atoms. The number of hydrogen-bond acceptors (Lipinski definition) is 7. The molecule has 0 aromatic carbocycles. The molecule has 0 bridgehead atoms. The molecule has 4 fully saturated rings. The summed E-state index contributed by atoms with van der Waals surface area (Å²) in [4.78, 5) is 37.2. The molecule has 0 N–H and O–H groups in total. The van der Waals surface area contributed by atoms with Gasteiger partial charge in [0.25, 0.3) is 0 Å². The molecule has 2 saturated heterocycles. The summed E-state index contributed by atoms with van der Waals surface area (Å²) in [6.07, 6.45) is 5.75. The van der Waals surface area contributed by atoms with Crippen LogP contribution < -0.4 is 0 Å². The molecule has 7 atom stereocenters. The number of fused-ring (bicyclic) bond motifs is 2. The molecule has 1 aromatic rings. The van der Waals surface area contributed by atoms with Gasteiger partial charge in [-0.3, -0.25) is 14.4 Å². The highest BCUT2D eigenvalue weighted by Crippen LogP contribution is 2.67. The van der Waals surface area contributed by atoms with Gasteiger partial charge in [0.05, 0.1) is 31.0 Å². The maximum absolute atomic E-state index is 13.0. The predicted molar refractivity (Wildman–Crippen MR) is 98.1 cm³/mol. The first-order valence-corrected chi connectivity index (χ1v) is 10.4. The number of ether oxygens (including phenoxy) is 3. The SMILES string of the molecule is CC(=O)O[C@H]1C[C@@H]2[C@@]3(C)C[C@H](c4ccoc4)OC(=O)[C@@H]3CC[C@]23COC(=O)[C@@H]3C1. The Labute approximate surface area is 169 Å². The fourth-order valence-electron chi connectivity index (χ4n) is 6.81. The predicted octanol–water partition coefficient (Wildman–Crippen LogP) is 3.19. The van der Waals surface area contributed by atoms with E-state index in [0.29, 0.717) is 32.3 Å². The van der Waals surface area contributed by atoms with Gasteiger partial charge in [0.1, 0.15) is 12.2 Å². The molecule has 5 rings (SSSR count). The van der Waals surface area contributed by atoms with Crippen molar-refractivity contribution in [1.82, 2.24) is 0 Å². The number of hydrogen-bond donors (Lipinski definition) is 0. The monoisotopic (exact) mass is 402 g/mol. The molecule has 2 aliphatic carbocycles. The number of carbonyl (C=O) groups is 3.